The van der Waals surface area contributed by atoms with E-state index in [1.165, 1.54) is 0 Å². The average molecular weight is 249 g/mol. The first kappa shape index (κ1) is 11.9. The number of carbonyl (C=O) groups is 1. The van der Waals surface area contributed by atoms with Crippen molar-refractivity contribution in [3.8, 4) is 0 Å². The lowest BCUT2D eigenvalue weighted by molar-refractivity contribution is -0.148. The second-order valence-electron chi connectivity index (χ2n) is 4.05. The first-order valence-electron chi connectivity index (χ1n) is 5.09. The monoisotopic (exact) mass is 249 g/mol. The van der Waals surface area contributed by atoms with Crippen LogP contribution >= 0.6 is 0 Å². The molecule has 1 unspecified atom stereocenters. The van der Waals surface area contributed by atoms with E-state index in [-0.39, 0.29) is 31.1 Å². The molecule has 17 heavy (non-hydrogen) atoms. The second kappa shape index (κ2) is 4.01. The third kappa shape index (κ3) is 2.40. The van der Waals surface area contributed by atoms with Gasteiger partial charge in [0, 0.05) is 19.4 Å². The standard InChI is InChI=1S/C9H10F3N3O2/c10-9(11,12)8-14-13-6-3-5(4-7(16)17)1-2-15(6)8/h5H,1-4H2,(H,16,17). The molecule has 1 aromatic rings. The summed E-state index contributed by atoms with van der Waals surface area (Å²) in [5.74, 6) is -1.89. The minimum Gasteiger partial charge on any atom is -0.481 e. The molecule has 1 aliphatic rings. The molecule has 0 saturated carbocycles. The van der Waals surface area contributed by atoms with Crippen molar-refractivity contribution in [3.05, 3.63) is 11.6 Å². The van der Waals surface area contributed by atoms with Crippen molar-refractivity contribution in [1.82, 2.24) is 14.8 Å². The van der Waals surface area contributed by atoms with E-state index in [9.17, 15) is 18.0 Å². The van der Waals surface area contributed by atoms with Gasteiger partial charge in [-0.05, 0) is 12.3 Å². The lowest BCUT2D eigenvalue weighted by Gasteiger charge is -2.22. The molecule has 2 rings (SSSR count). The number of fused-ring (bicyclic) bond motifs is 1. The van der Waals surface area contributed by atoms with Gasteiger partial charge in [0.1, 0.15) is 5.82 Å². The van der Waals surface area contributed by atoms with Gasteiger partial charge in [0.15, 0.2) is 0 Å². The van der Waals surface area contributed by atoms with Crippen LogP contribution in [0.15, 0.2) is 0 Å². The third-order valence-corrected chi connectivity index (χ3v) is 2.78. The van der Waals surface area contributed by atoms with Crippen LogP contribution in [-0.2, 0) is 23.9 Å². The number of hydrogen-bond acceptors (Lipinski definition) is 3. The molecule has 0 radical (unpaired) electrons. The zero-order valence-electron chi connectivity index (χ0n) is 8.74. The molecular weight excluding hydrogens is 239 g/mol. The summed E-state index contributed by atoms with van der Waals surface area (Å²) in [5, 5.41) is 15.2. The molecule has 1 aliphatic heterocycles. The van der Waals surface area contributed by atoms with Crippen LogP contribution in [0.4, 0.5) is 13.2 Å². The Morgan fingerprint density at radius 3 is 2.76 bits per heavy atom. The average Bonchev–Trinajstić information content (AvgIpc) is 2.58. The Kier molecular flexibility index (Phi) is 2.80. The van der Waals surface area contributed by atoms with Crippen molar-refractivity contribution >= 4 is 5.97 Å². The third-order valence-electron chi connectivity index (χ3n) is 2.78. The number of carboxylic acids is 1. The Balaban J connectivity index is 2.19. The molecule has 1 atom stereocenters. The number of hydrogen-bond donors (Lipinski definition) is 1. The summed E-state index contributed by atoms with van der Waals surface area (Å²) in [6, 6.07) is 0. The highest BCUT2D eigenvalue weighted by atomic mass is 19.4. The summed E-state index contributed by atoms with van der Waals surface area (Å²) in [7, 11) is 0. The van der Waals surface area contributed by atoms with E-state index >= 15 is 0 Å². The maximum atomic E-state index is 12.5. The molecule has 0 aromatic carbocycles. The van der Waals surface area contributed by atoms with Crippen molar-refractivity contribution < 1.29 is 23.1 Å². The van der Waals surface area contributed by atoms with Gasteiger partial charge in [-0.25, -0.2) is 0 Å². The zero-order chi connectivity index (χ0) is 12.6. The van der Waals surface area contributed by atoms with Crippen LogP contribution in [0, 0.1) is 5.92 Å². The number of halogens is 3. The Bertz CT molecular complexity index is 441. The summed E-state index contributed by atoms with van der Waals surface area (Å²) in [5.41, 5.74) is 0. The van der Waals surface area contributed by atoms with Gasteiger partial charge in [0.05, 0.1) is 0 Å². The number of aromatic nitrogens is 3. The maximum Gasteiger partial charge on any atom is 0.451 e. The van der Waals surface area contributed by atoms with Gasteiger partial charge in [-0.1, -0.05) is 0 Å². The fraction of sp³-hybridized carbons (Fsp3) is 0.667. The van der Waals surface area contributed by atoms with Gasteiger partial charge >= 0.3 is 12.1 Å². The van der Waals surface area contributed by atoms with Crippen LogP contribution in [-0.4, -0.2) is 25.8 Å². The molecule has 1 N–H and O–H groups in total. The SMILES string of the molecule is O=C(O)CC1CCn2c(nnc2C(F)(F)F)C1. The summed E-state index contributed by atoms with van der Waals surface area (Å²) in [6.07, 6.45) is -3.92. The minimum atomic E-state index is -4.51. The van der Waals surface area contributed by atoms with Crippen molar-refractivity contribution in [3.63, 3.8) is 0 Å². The number of carboxylic acid groups (broad SMARTS) is 1. The van der Waals surface area contributed by atoms with Crippen molar-refractivity contribution in [2.45, 2.75) is 32.0 Å². The van der Waals surface area contributed by atoms with Crippen molar-refractivity contribution in [2.24, 2.45) is 5.92 Å². The summed E-state index contributed by atoms with van der Waals surface area (Å²) >= 11 is 0. The fourth-order valence-electron chi connectivity index (χ4n) is 2.02. The van der Waals surface area contributed by atoms with Crippen molar-refractivity contribution in [2.75, 3.05) is 0 Å². The van der Waals surface area contributed by atoms with Crippen LogP contribution in [0.25, 0.3) is 0 Å². The highest BCUT2D eigenvalue weighted by molar-refractivity contribution is 5.67. The normalized spacial score (nSPS) is 20.1. The van der Waals surface area contributed by atoms with Gasteiger partial charge in [0.2, 0.25) is 5.82 Å². The van der Waals surface area contributed by atoms with E-state index in [2.05, 4.69) is 10.2 Å². The van der Waals surface area contributed by atoms with E-state index < -0.39 is 18.0 Å². The number of alkyl halides is 3. The van der Waals surface area contributed by atoms with Crippen LogP contribution in [0.1, 0.15) is 24.5 Å². The molecular formula is C9H10F3N3O2. The number of nitrogens with zero attached hydrogens (tertiary/aromatic N) is 3. The molecule has 5 nitrogen and oxygen atoms in total. The largest absolute Gasteiger partial charge is 0.481 e. The van der Waals surface area contributed by atoms with E-state index in [0.29, 0.717) is 6.42 Å². The molecule has 0 amide bonds. The lowest BCUT2D eigenvalue weighted by Crippen LogP contribution is -2.25. The van der Waals surface area contributed by atoms with Crippen molar-refractivity contribution in [1.29, 1.82) is 0 Å². The molecule has 0 aliphatic carbocycles. The van der Waals surface area contributed by atoms with Gasteiger partial charge in [-0.3, -0.25) is 4.79 Å². The minimum absolute atomic E-state index is 0.0474. The van der Waals surface area contributed by atoms with Gasteiger partial charge < -0.3 is 9.67 Å². The van der Waals surface area contributed by atoms with Gasteiger partial charge in [0.25, 0.3) is 0 Å². The van der Waals surface area contributed by atoms with Gasteiger partial charge in [-0.2, -0.15) is 13.2 Å². The van der Waals surface area contributed by atoms with Crippen LogP contribution < -0.4 is 0 Å². The molecule has 0 saturated heterocycles. The second-order valence-corrected chi connectivity index (χ2v) is 4.05. The quantitative estimate of drug-likeness (QED) is 0.858. The van der Waals surface area contributed by atoms with E-state index in [1.807, 2.05) is 0 Å². The fourth-order valence-corrected chi connectivity index (χ4v) is 2.02. The molecule has 8 heteroatoms. The van der Waals surface area contributed by atoms with E-state index in [0.717, 1.165) is 4.57 Å². The molecule has 94 valence electrons. The summed E-state index contributed by atoms with van der Waals surface area (Å²) in [4.78, 5) is 10.5. The summed E-state index contributed by atoms with van der Waals surface area (Å²) in [6.45, 7) is 0.120. The van der Waals surface area contributed by atoms with Crippen LogP contribution in [0.3, 0.4) is 0 Å². The molecule has 0 bridgehead atoms. The highest BCUT2D eigenvalue weighted by Gasteiger charge is 2.39. The topological polar surface area (TPSA) is 68.0 Å². The van der Waals surface area contributed by atoms with E-state index in [4.69, 9.17) is 5.11 Å². The smallest absolute Gasteiger partial charge is 0.451 e. The Morgan fingerprint density at radius 2 is 2.18 bits per heavy atom. The number of aliphatic carboxylic acids is 1. The Hall–Kier alpha value is -1.60. The Labute approximate surface area is 94.3 Å². The first-order chi connectivity index (χ1) is 7.88. The predicted molar refractivity (Wildman–Crippen MR) is 49.1 cm³/mol. The lowest BCUT2D eigenvalue weighted by atomic mass is 9.94. The van der Waals surface area contributed by atoms with Gasteiger partial charge in [-0.15, -0.1) is 10.2 Å². The zero-order valence-corrected chi connectivity index (χ0v) is 8.74. The highest BCUT2D eigenvalue weighted by Crippen LogP contribution is 2.31. The van der Waals surface area contributed by atoms with E-state index in [1.54, 1.807) is 0 Å². The van der Waals surface area contributed by atoms with Crippen LogP contribution in [0.2, 0.25) is 0 Å². The summed E-state index contributed by atoms with van der Waals surface area (Å²) < 4.78 is 38.5. The molecule has 1 aromatic heterocycles. The molecule has 2 heterocycles. The van der Waals surface area contributed by atoms with Crippen LogP contribution in [0.5, 0.6) is 0 Å². The first-order valence-corrected chi connectivity index (χ1v) is 5.09. The molecule has 0 spiro atoms. The molecule has 0 fully saturated rings. The predicted octanol–water partition coefficient (Wildman–Crippen LogP) is 1.33. The number of rotatable bonds is 2. The Morgan fingerprint density at radius 1 is 1.47 bits per heavy atom. The maximum absolute atomic E-state index is 12.5.